The van der Waals surface area contributed by atoms with Crippen LogP contribution in [0.3, 0.4) is 0 Å². The molecule has 5 heteroatoms. The van der Waals surface area contributed by atoms with Crippen molar-refractivity contribution in [3.63, 3.8) is 0 Å². The van der Waals surface area contributed by atoms with Gasteiger partial charge in [-0.1, -0.05) is 52.3 Å². The van der Waals surface area contributed by atoms with Crippen LogP contribution < -0.4 is 10.1 Å². The number of furan rings is 1. The third-order valence-corrected chi connectivity index (χ3v) is 4.53. The Morgan fingerprint density at radius 2 is 1.84 bits per heavy atom. The average Bonchev–Trinajstić information content (AvgIpc) is 3.10. The molecule has 0 fully saturated rings. The molecule has 0 spiro atoms. The van der Waals surface area contributed by atoms with Crippen molar-refractivity contribution < 1.29 is 13.9 Å². The van der Waals surface area contributed by atoms with E-state index in [0.29, 0.717) is 5.56 Å². The van der Waals surface area contributed by atoms with Gasteiger partial charge in [0.15, 0.2) is 5.76 Å². The molecule has 1 N–H and O–H groups in total. The Morgan fingerprint density at radius 3 is 2.60 bits per heavy atom. The monoisotopic (exact) mass is 399 g/mol. The number of ether oxygens (including phenoxy) is 1. The lowest BCUT2D eigenvalue weighted by Crippen LogP contribution is -2.27. The molecule has 25 heavy (non-hydrogen) atoms. The Morgan fingerprint density at radius 1 is 1.12 bits per heavy atom. The molecule has 0 aliphatic heterocycles. The number of nitrogens with one attached hydrogen (secondary N) is 1. The van der Waals surface area contributed by atoms with Crippen LogP contribution >= 0.6 is 15.9 Å². The fourth-order valence-corrected chi connectivity index (χ4v) is 3.12. The molecular weight excluding hydrogens is 382 g/mol. The number of carbonyl (C=O) groups excluding carboxylic acids is 1. The lowest BCUT2D eigenvalue weighted by molar-refractivity contribution is 0.0908. The number of halogens is 1. The molecule has 3 rings (SSSR count). The summed E-state index contributed by atoms with van der Waals surface area (Å²) in [5, 5.41) is 2.96. The van der Waals surface area contributed by atoms with Crippen LogP contribution in [0.25, 0.3) is 0 Å². The smallest absolute Gasteiger partial charge is 0.287 e. The van der Waals surface area contributed by atoms with Crippen molar-refractivity contribution in [3.05, 3.63) is 88.3 Å². The van der Waals surface area contributed by atoms with Crippen molar-refractivity contribution in [1.29, 1.82) is 0 Å². The van der Waals surface area contributed by atoms with Gasteiger partial charge in [0.1, 0.15) is 12.4 Å². The van der Waals surface area contributed by atoms with E-state index < -0.39 is 0 Å². The zero-order valence-corrected chi connectivity index (χ0v) is 15.3. The highest BCUT2D eigenvalue weighted by Gasteiger charge is 2.19. The van der Waals surface area contributed by atoms with Gasteiger partial charge < -0.3 is 14.5 Å². The van der Waals surface area contributed by atoms with Crippen LogP contribution in [-0.4, -0.2) is 5.91 Å². The minimum absolute atomic E-state index is 0.156. The van der Waals surface area contributed by atoms with Crippen molar-refractivity contribution in [2.45, 2.75) is 19.6 Å². The average molecular weight is 400 g/mol. The minimum Gasteiger partial charge on any atom is -0.489 e. The lowest BCUT2D eigenvalue weighted by Gasteiger charge is -2.15. The van der Waals surface area contributed by atoms with Crippen molar-refractivity contribution in [1.82, 2.24) is 5.32 Å². The molecule has 0 bridgehead atoms. The summed E-state index contributed by atoms with van der Waals surface area (Å²) in [6.07, 6.45) is 1.50. The lowest BCUT2D eigenvalue weighted by atomic mass is 10.1. The van der Waals surface area contributed by atoms with E-state index in [1.807, 2.05) is 61.5 Å². The van der Waals surface area contributed by atoms with Crippen molar-refractivity contribution >= 4 is 21.8 Å². The van der Waals surface area contributed by atoms with E-state index in [0.717, 1.165) is 15.8 Å². The normalized spacial score (nSPS) is 11.8. The van der Waals surface area contributed by atoms with Crippen LogP contribution in [0.2, 0.25) is 0 Å². The molecule has 1 atom stereocenters. The summed E-state index contributed by atoms with van der Waals surface area (Å²) in [6, 6.07) is 18.9. The number of para-hydroxylation sites is 1. The fourth-order valence-electron chi connectivity index (χ4n) is 2.49. The summed E-state index contributed by atoms with van der Waals surface area (Å²) in [5.41, 5.74) is 1.71. The standard InChI is InChI=1S/C20H18BrNO3/c1-14(17-9-5-6-10-18(17)21)22-20(23)19-15(11-12-24-19)13-25-16-7-3-2-4-8-16/h2-12,14H,13H2,1H3,(H,22,23). The Balaban J connectivity index is 1.67. The molecule has 0 saturated carbocycles. The number of hydrogen-bond acceptors (Lipinski definition) is 3. The summed E-state index contributed by atoms with van der Waals surface area (Å²) in [5.74, 6) is 0.756. The van der Waals surface area contributed by atoms with Gasteiger partial charge in [0.25, 0.3) is 5.91 Å². The molecule has 0 aliphatic rings. The summed E-state index contributed by atoms with van der Waals surface area (Å²) >= 11 is 3.51. The Bertz CT molecular complexity index is 845. The second-order valence-electron chi connectivity index (χ2n) is 5.59. The van der Waals surface area contributed by atoms with Crippen LogP contribution in [0.1, 0.15) is 34.6 Å². The Labute approximate surface area is 154 Å². The summed E-state index contributed by atoms with van der Waals surface area (Å²) in [6.45, 7) is 2.20. The minimum atomic E-state index is -0.264. The van der Waals surface area contributed by atoms with E-state index in [1.54, 1.807) is 6.07 Å². The predicted molar refractivity (Wildman–Crippen MR) is 99.5 cm³/mol. The van der Waals surface area contributed by atoms with Gasteiger partial charge >= 0.3 is 0 Å². The highest BCUT2D eigenvalue weighted by Crippen LogP contribution is 2.23. The molecule has 3 aromatic rings. The highest BCUT2D eigenvalue weighted by atomic mass is 79.9. The van der Waals surface area contributed by atoms with Gasteiger partial charge in [-0.05, 0) is 36.8 Å². The first kappa shape index (κ1) is 17.3. The van der Waals surface area contributed by atoms with E-state index in [-0.39, 0.29) is 24.3 Å². The third kappa shape index (κ3) is 4.31. The Hall–Kier alpha value is -2.53. The van der Waals surface area contributed by atoms with Crippen molar-refractivity contribution in [2.75, 3.05) is 0 Å². The number of amides is 1. The quantitative estimate of drug-likeness (QED) is 0.626. The maximum absolute atomic E-state index is 12.6. The summed E-state index contributed by atoms with van der Waals surface area (Å²) in [4.78, 5) is 12.6. The summed E-state index contributed by atoms with van der Waals surface area (Å²) < 4.78 is 12.0. The molecule has 0 saturated heterocycles. The van der Waals surface area contributed by atoms with Crippen LogP contribution in [-0.2, 0) is 6.61 Å². The van der Waals surface area contributed by atoms with Crippen LogP contribution in [0.15, 0.2) is 75.8 Å². The second kappa shape index (κ2) is 8.03. The Kier molecular flexibility index (Phi) is 5.56. The van der Waals surface area contributed by atoms with Gasteiger partial charge in [0.05, 0.1) is 12.3 Å². The first-order chi connectivity index (χ1) is 12.1. The SMILES string of the molecule is CC(NC(=O)c1occc1COc1ccccc1)c1ccccc1Br. The van der Waals surface area contributed by atoms with Gasteiger partial charge in [-0.3, -0.25) is 4.79 Å². The van der Waals surface area contributed by atoms with E-state index in [4.69, 9.17) is 9.15 Å². The zero-order chi connectivity index (χ0) is 17.6. The van der Waals surface area contributed by atoms with E-state index in [1.165, 1.54) is 6.26 Å². The number of rotatable bonds is 6. The first-order valence-electron chi connectivity index (χ1n) is 7.94. The molecule has 1 heterocycles. The van der Waals surface area contributed by atoms with Gasteiger partial charge in [-0.25, -0.2) is 0 Å². The second-order valence-corrected chi connectivity index (χ2v) is 6.45. The van der Waals surface area contributed by atoms with E-state index in [2.05, 4.69) is 21.2 Å². The van der Waals surface area contributed by atoms with E-state index >= 15 is 0 Å². The molecule has 0 radical (unpaired) electrons. The molecule has 4 nitrogen and oxygen atoms in total. The van der Waals surface area contributed by atoms with Gasteiger partial charge in [-0.2, -0.15) is 0 Å². The topological polar surface area (TPSA) is 51.5 Å². The maximum Gasteiger partial charge on any atom is 0.287 e. The molecule has 1 aromatic heterocycles. The van der Waals surface area contributed by atoms with Crippen molar-refractivity contribution in [3.8, 4) is 5.75 Å². The first-order valence-corrected chi connectivity index (χ1v) is 8.74. The van der Waals surface area contributed by atoms with Crippen LogP contribution in [0.5, 0.6) is 5.75 Å². The molecular formula is C20H18BrNO3. The largest absolute Gasteiger partial charge is 0.489 e. The number of hydrogen-bond donors (Lipinski definition) is 1. The van der Waals surface area contributed by atoms with Crippen LogP contribution in [0.4, 0.5) is 0 Å². The highest BCUT2D eigenvalue weighted by molar-refractivity contribution is 9.10. The third-order valence-electron chi connectivity index (χ3n) is 3.81. The summed E-state index contributed by atoms with van der Waals surface area (Å²) in [7, 11) is 0. The van der Waals surface area contributed by atoms with Crippen molar-refractivity contribution in [2.24, 2.45) is 0 Å². The molecule has 1 amide bonds. The maximum atomic E-state index is 12.6. The van der Waals surface area contributed by atoms with Gasteiger partial charge in [0, 0.05) is 10.0 Å². The molecule has 0 aliphatic carbocycles. The van der Waals surface area contributed by atoms with Gasteiger partial charge in [0.2, 0.25) is 0 Å². The number of benzene rings is 2. The molecule has 128 valence electrons. The van der Waals surface area contributed by atoms with Crippen LogP contribution in [0, 0.1) is 0 Å². The zero-order valence-electron chi connectivity index (χ0n) is 13.7. The number of carbonyl (C=O) groups is 1. The molecule has 1 unspecified atom stereocenters. The fraction of sp³-hybridized carbons (Fsp3) is 0.150. The predicted octanol–water partition coefficient (Wildman–Crippen LogP) is 5.11. The van der Waals surface area contributed by atoms with E-state index in [9.17, 15) is 4.79 Å². The van der Waals surface area contributed by atoms with Gasteiger partial charge in [-0.15, -0.1) is 0 Å². The molecule has 2 aromatic carbocycles.